The zero-order chi connectivity index (χ0) is 12.7. The van der Waals surface area contributed by atoms with E-state index >= 15 is 0 Å². The summed E-state index contributed by atoms with van der Waals surface area (Å²) < 4.78 is 5.23. The molecule has 3 N–H and O–H groups in total. The normalized spacial score (nSPS) is 18.1. The first-order valence-corrected chi connectivity index (χ1v) is 6.22. The van der Waals surface area contributed by atoms with Gasteiger partial charge in [0.25, 0.3) is 0 Å². The highest BCUT2D eigenvalue weighted by Gasteiger charge is 2.18. The molecule has 1 rings (SSSR count). The third kappa shape index (κ3) is 6.00. The summed E-state index contributed by atoms with van der Waals surface area (Å²) in [7, 11) is 0. The Morgan fingerprint density at radius 2 is 2.06 bits per heavy atom. The van der Waals surface area contributed by atoms with Crippen molar-refractivity contribution in [2.75, 3.05) is 32.9 Å². The van der Waals surface area contributed by atoms with Crippen molar-refractivity contribution in [3.05, 3.63) is 0 Å². The fourth-order valence-electron chi connectivity index (χ4n) is 1.69. The minimum absolute atomic E-state index is 0.0191. The number of rotatable bonds is 6. The highest BCUT2D eigenvalue weighted by molar-refractivity contribution is 5.78. The molecule has 1 aliphatic rings. The van der Waals surface area contributed by atoms with Crippen molar-refractivity contribution >= 4 is 5.91 Å². The highest BCUT2D eigenvalue weighted by atomic mass is 16.5. The predicted molar refractivity (Wildman–Crippen MR) is 65.7 cm³/mol. The SMILES string of the molecule is CC(C)(CO)CNCC(=O)NC1CCOCC1. The molecule has 5 heteroatoms. The molecule has 1 fully saturated rings. The quantitative estimate of drug-likeness (QED) is 0.610. The first-order chi connectivity index (χ1) is 8.03. The lowest BCUT2D eigenvalue weighted by Crippen LogP contribution is -2.44. The molecule has 0 aromatic heterocycles. The molecule has 0 aliphatic carbocycles. The molecule has 1 heterocycles. The fourth-order valence-corrected chi connectivity index (χ4v) is 1.69. The summed E-state index contributed by atoms with van der Waals surface area (Å²) in [5.74, 6) is 0.0191. The monoisotopic (exact) mass is 244 g/mol. The van der Waals surface area contributed by atoms with Gasteiger partial charge in [-0.15, -0.1) is 0 Å². The third-order valence-corrected chi connectivity index (χ3v) is 2.90. The Kier molecular flexibility index (Phi) is 5.88. The molecule has 0 radical (unpaired) electrons. The van der Waals surface area contributed by atoms with Gasteiger partial charge in [-0.05, 0) is 12.8 Å². The van der Waals surface area contributed by atoms with Crippen LogP contribution in [0, 0.1) is 5.41 Å². The van der Waals surface area contributed by atoms with E-state index < -0.39 is 0 Å². The number of carbonyl (C=O) groups is 1. The molecule has 0 unspecified atom stereocenters. The first-order valence-electron chi connectivity index (χ1n) is 6.22. The number of carbonyl (C=O) groups excluding carboxylic acids is 1. The van der Waals surface area contributed by atoms with Gasteiger partial charge < -0.3 is 20.5 Å². The Morgan fingerprint density at radius 1 is 1.41 bits per heavy atom. The van der Waals surface area contributed by atoms with Gasteiger partial charge in [0.15, 0.2) is 0 Å². The van der Waals surface area contributed by atoms with Crippen molar-refractivity contribution in [2.45, 2.75) is 32.7 Å². The Balaban J connectivity index is 2.12. The van der Waals surface area contributed by atoms with Crippen molar-refractivity contribution < 1.29 is 14.6 Å². The zero-order valence-corrected chi connectivity index (χ0v) is 10.8. The molecular weight excluding hydrogens is 220 g/mol. The van der Waals surface area contributed by atoms with Crippen LogP contribution in [0.5, 0.6) is 0 Å². The van der Waals surface area contributed by atoms with Crippen LogP contribution in [0.3, 0.4) is 0 Å². The van der Waals surface area contributed by atoms with Gasteiger partial charge in [0, 0.05) is 37.8 Å². The number of hydrogen-bond acceptors (Lipinski definition) is 4. The minimum atomic E-state index is -0.182. The van der Waals surface area contributed by atoms with Gasteiger partial charge in [-0.2, -0.15) is 0 Å². The fraction of sp³-hybridized carbons (Fsp3) is 0.917. The highest BCUT2D eigenvalue weighted by Crippen LogP contribution is 2.10. The lowest BCUT2D eigenvalue weighted by Gasteiger charge is -2.24. The Labute approximate surface area is 103 Å². The number of aliphatic hydroxyl groups excluding tert-OH is 1. The van der Waals surface area contributed by atoms with Crippen LogP contribution in [-0.4, -0.2) is 50.0 Å². The van der Waals surface area contributed by atoms with Gasteiger partial charge in [-0.1, -0.05) is 13.8 Å². The van der Waals surface area contributed by atoms with Crippen LogP contribution in [0.2, 0.25) is 0 Å². The second kappa shape index (κ2) is 6.93. The summed E-state index contributed by atoms with van der Waals surface area (Å²) in [6.07, 6.45) is 1.79. The minimum Gasteiger partial charge on any atom is -0.396 e. The van der Waals surface area contributed by atoms with E-state index in [1.807, 2.05) is 13.8 Å². The van der Waals surface area contributed by atoms with Crippen LogP contribution >= 0.6 is 0 Å². The molecule has 1 saturated heterocycles. The van der Waals surface area contributed by atoms with Crippen LogP contribution < -0.4 is 10.6 Å². The van der Waals surface area contributed by atoms with Crippen LogP contribution in [0.25, 0.3) is 0 Å². The van der Waals surface area contributed by atoms with Crippen molar-refractivity contribution in [3.63, 3.8) is 0 Å². The van der Waals surface area contributed by atoms with Gasteiger partial charge in [0.1, 0.15) is 0 Å². The second-order valence-electron chi connectivity index (χ2n) is 5.38. The Morgan fingerprint density at radius 3 is 2.65 bits per heavy atom. The van der Waals surface area contributed by atoms with Crippen LogP contribution in [0.1, 0.15) is 26.7 Å². The van der Waals surface area contributed by atoms with Crippen LogP contribution in [0.4, 0.5) is 0 Å². The maximum atomic E-state index is 11.6. The van der Waals surface area contributed by atoms with Crippen molar-refractivity contribution in [1.82, 2.24) is 10.6 Å². The molecule has 0 bridgehead atoms. The number of amides is 1. The maximum absolute atomic E-state index is 11.6. The van der Waals surface area contributed by atoms with E-state index in [0.717, 1.165) is 26.1 Å². The topological polar surface area (TPSA) is 70.6 Å². The van der Waals surface area contributed by atoms with Crippen LogP contribution in [0.15, 0.2) is 0 Å². The van der Waals surface area contributed by atoms with Crippen molar-refractivity contribution in [3.8, 4) is 0 Å². The summed E-state index contributed by atoms with van der Waals surface area (Å²) in [6.45, 7) is 6.42. The van der Waals surface area contributed by atoms with Gasteiger partial charge >= 0.3 is 0 Å². The van der Waals surface area contributed by atoms with Gasteiger partial charge in [-0.25, -0.2) is 0 Å². The van der Waals surface area contributed by atoms with E-state index in [1.54, 1.807) is 0 Å². The van der Waals surface area contributed by atoms with Crippen molar-refractivity contribution in [1.29, 1.82) is 0 Å². The molecule has 1 amide bonds. The number of hydrogen-bond donors (Lipinski definition) is 3. The van der Waals surface area contributed by atoms with E-state index in [1.165, 1.54) is 0 Å². The molecule has 1 aliphatic heterocycles. The molecule has 0 aromatic carbocycles. The maximum Gasteiger partial charge on any atom is 0.234 e. The molecule has 5 nitrogen and oxygen atoms in total. The summed E-state index contributed by atoms with van der Waals surface area (Å²) in [6, 6.07) is 0.254. The largest absolute Gasteiger partial charge is 0.396 e. The number of aliphatic hydroxyl groups is 1. The van der Waals surface area contributed by atoms with E-state index in [9.17, 15) is 4.79 Å². The molecule has 0 aromatic rings. The standard InChI is InChI=1S/C12H24N2O3/c1-12(2,9-15)8-13-7-11(16)14-10-3-5-17-6-4-10/h10,13,15H,3-9H2,1-2H3,(H,14,16). The van der Waals surface area contributed by atoms with Gasteiger partial charge in [0.05, 0.1) is 6.54 Å². The average Bonchev–Trinajstić information content (AvgIpc) is 2.30. The lowest BCUT2D eigenvalue weighted by atomic mass is 9.95. The van der Waals surface area contributed by atoms with E-state index in [2.05, 4.69) is 10.6 Å². The predicted octanol–water partition coefficient (Wildman–Crippen LogP) is -0.110. The first kappa shape index (κ1) is 14.4. The van der Waals surface area contributed by atoms with Crippen molar-refractivity contribution in [2.24, 2.45) is 5.41 Å². The summed E-state index contributed by atoms with van der Waals surface area (Å²) in [5, 5.41) is 15.1. The molecule has 0 atom stereocenters. The summed E-state index contributed by atoms with van der Waals surface area (Å²) in [5.41, 5.74) is -0.182. The Bertz CT molecular complexity index is 238. The smallest absolute Gasteiger partial charge is 0.234 e. The average molecular weight is 244 g/mol. The molecule has 0 spiro atoms. The molecule has 100 valence electrons. The summed E-state index contributed by atoms with van der Waals surface area (Å²) in [4.78, 5) is 11.6. The van der Waals surface area contributed by atoms with Gasteiger partial charge in [0.2, 0.25) is 5.91 Å². The molecule has 0 saturated carbocycles. The lowest BCUT2D eigenvalue weighted by molar-refractivity contribution is -0.121. The van der Waals surface area contributed by atoms with Gasteiger partial charge in [-0.3, -0.25) is 4.79 Å². The molecule has 17 heavy (non-hydrogen) atoms. The zero-order valence-electron chi connectivity index (χ0n) is 10.8. The number of ether oxygens (including phenoxy) is 1. The van der Waals surface area contributed by atoms with E-state index in [-0.39, 0.29) is 24.0 Å². The van der Waals surface area contributed by atoms with Crippen LogP contribution in [-0.2, 0) is 9.53 Å². The number of nitrogens with one attached hydrogen (secondary N) is 2. The summed E-state index contributed by atoms with van der Waals surface area (Å²) >= 11 is 0. The van der Waals surface area contributed by atoms with E-state index in [0.29, 0.717) is 13.1 Å². The Hall–Kier alpha value is -0.650. The second-order valence-corrected chi connectivity index (χ2v) is 5.38. The third-order valence-electron chi connectivity index (χ3n) is 2.90. The molecular formula is C12H24N2O3. The van der Waals surface area contributed by atoms with E-state index in [4.69, 9.17) is 9.84 Å².